The average molecular weight is 702 g/mol. The van der Waals surface area contributed by atoms with E-state index in [1.807, 2.05) is 31.7 Å². The summed E-state index contributed by atoms with van der Waals surface area (Å²) >= 11 is 0. The molecule has 5 rings (SSSR count). The maximum atomic E-state index is 16.6. The third kappa shape index (κ3) is 8.32. The lowest BCUT2D eigenvalue weighted by atomic mass is 9.96. The molecule has 1 aliphatic heterocycles. The minimum atomic E-state index is -0.788. The lowest BCUT2D eigenvalue weighted by Gasteiger charge is -2.27. The van der Waals surface area contributed by atoms with Crippen LogP contribution >= 0.6 is 0 Å². The molecule has 0 saturated carbocycles. The highest BCUT2D eigenvalue weighted by Crippen LogP contribution is 2.38. The Bertz CT molecular complexity index is 1900. The summed E-state index contributed by atoms with van der Waals surface area (Å²) < 4.78 is 30.0. The van der Waals surface area contributed by atoms with Crippen LogP contribution < -0.4 is 10.6 Å². The van der Waals surface area contributed by atoms with E-state index < -0.39 is 17.5 Å². The summed E-state index contributed by atoms with van der Waals surface area (Å²) in [5.41, 5.74) is 2.62. The molecule has 0 spiro atoms. The van der Waals surface area contributed by atoms with Crippen molar-refractivity contribution < 1.29 is 23.1 Å². The summed E-state index contributed by atoms with van der Waals surface area (Å²) in [6.07, 6.45) is 4.78. The fourth-order valence-electron chi connectivity index (χ4n) is 5.58. The summed E-state index contributed by atoms with van der Waals surface area (Å²) in [5.74, 6) is 0.853. The van der Waals surface area contributed by atoms with Crippen LogP contribution in [-0.2, 0) is 33.5 Å². The first-order chi connectivity index (χ1) is 23.4. The predicted molar refractivity (Wildman–Crippen MR) is 195 cm³/mol. The second-order valence-corrected chi connectivity index (χ2v) is 16.8. The Hall–Kier alpha value is -4.36. The van der Waals surface area contributed by atoms with E-state index in [9.17, 15) is 9.59 Å². The first-order valence-corrected chi connectivity index (χ1v) is 17.9. The van der Waals surface area contributed by atoms with Crippen molar-refractivity contribution in [1.29, 1.82) is 0 Å². The summed E-state index contributed by atoms with van der Waals surface area (Å²) in [5, 5.41) is 11.6. The number of hydrogen-bond donors (Lipinski definition) is 2. The van der Waals surface area contributed by atoms with Gasteiger partial charge < -0.3 is 19.4 Å². The highest BCUT2D eigenvalue weighted by molar-refractivity contribution is 6.32. The Labute approximate surface area is 296 Å². The summed E-state index contributed by atoms with van der Waals surface area (Å²) in [6, 6.07) is 5.55. The zero-order valence-electron chi connectivity index (χ0n) is 30.7. The van der Waals surface area contributed by atoms with Gasteiger partial charge in [0.25, 0.3) is 0 Å². The lowest BCUT2D eigenvalue weighted by molar-refractivity contribution is -0.133. The number of amides is 2. The fourth-order valence-corrected chi connectivity index (χ4v) is 6.41. The van der Waals surface area contributed by atoms with Gasteiger partial charge >= 0.3 is 6.09 Å². The van der Waals surface area contributed by atoms with Crippen molar-refractivity contribution in [1.82, 2.24) is 24.6 Å². The van der Waals surface area contributed by atoms with Crippen LogP contribution in [0.25, 0.3) is 21.9 Å². The molecule has 4 heterocycles. The van der Waals surface area contributed by atoms with Gasteiger partial charge in [0.1, 0.15) is 18.0 Å². The number of hydrogen-bond acceptors (Lipinski definition) is 8. The number of carbonyl (C=O) groups excluding carboxylic acids is 2. The third-order valence-corrected chi connectivity index (χ3v) is 10.6. The van der Waals surface area contributed by atoms with Crippen molar-refractivity contribution in [3.63, 3.8) is 0 Å². The number of ether oxygens (including phenoxy) is 1. The standard InChI is InChI=1S/C37H48FN7O4Si/c1-21(2)37(9,10)50-48-20-25-16-39-17-28(23(25)5)27-13-24-14-30(40-18-29(24)34(33(27)38)42-35(47)49-36(6,7)8)41-31-15-26-11-12-44(22(3)4)32(46)19-45(26)43-31/h13-18,21-22H,11-12,19-20H2,1-10H3,(H,42,47)(H,40,41,43). The van der Waals surface area contributed by atoms with E-state index in [1.54, 1.807) is 50.0 Å². The van der Waals surface area contributed by atoms with E-state index in [-0.39, 0.29) is 44.5 Å². The van der Waals surface area contributed by atoms with Crippen LogP contribution in [0.3, 0.4) is 0 Å². The number of fused-ring (bicyclic) bond motifs is 2. The molecule has 0 unspecified atom stereocenters. The second-order valence-electron chi connectivity index (χ2n) is 15.0. The number of rotatable bonds is 10. The van der Waals surface area contributed by atoms with Crippen LogP contribution in [0, 0.1) is 18.7 Å². The van der Waals surface area contributed by atoms with Gasteiger partial charge in [0.2, 0.25) is 15.7 Å². The number of carbonyl (C=O) groups is 2. The first kappa shape index (κ1) is 36.9. The number of benzene rings is 1. The van der Waals surface area contributed by atoms with Gasteiger partial charge in [-0.05, 0) is 81.1 Å². The molecule has 1 aliphatic rings. The first-order valence-electron chi connectivity index (χ1n) is 17.0. The molecule has 0 saturated heterocycles. The molecule has 0 aliphatic carbocycles. The van der Waals surface area contributed by atoms with Gasteiger partial charge in [-0.3, -0.25) is 19.8 Å². The van der Waals surface area contributed by atoms with Gasteiger partial charge in [0.05, 0.1) is 12.3 Å². The number of halogens is 1. The molecule has 11 nitrogen and oxygen atoms in total. The van der Waals surface area contributed by atoms with E-state index in [4.69, 9.17) is 9.16 Å². The smallest absolute Gasteiger partial charge is 0.412 e. The number of nitrogens with zero attached hydrogens (tertiary/aromatic N) is 5. The van der Waals surface area contributed by atoms with Crippen molar-refractivity contribution in [3.05, 3.63) is 59.4 Å². The number of aromatic nitrogens is 4. The van der Waals surface area contributed by atoms with E-state index in [0.717, 1.165) is 16.8 Å². The van der Waals surface area contributed by atoms with Crippen molar-refractivity contribution in [2.24, 2.45) is 5.92 Å². The molecule has 2 amide bonds. The predicted octanol–water partition coefficient (Wildman–Crippen LogP) is 7.81. The molecular weight excluding hydrogens is 654 g/mol. The molecule has 0 bridgehead atoms. The molecule has 13 heteroatoms. The van der Waals surface area contributed by atoms with Gasteiger partial charge in [0, 0.05) is 65.9 Å². The molecular formula is C37H48FN7O4Si. The maximum Gasteiger partial charge on any atom is 0.412 e. The fraction of sp³-hybridized carbons (Fsp3) is 0.486. The zero-order valence-corrected chi connectivity index (χ0v) is 31.7. The third-order valence-electron chi connectivity index (χ3n) is 9.16. The molecule has 2 radical (unpaired) electrons. The largest absolute Gasteiger partial charge is 0.444 e. The lowest BCUT2D eigenvalue weighted by Crippen LogP contribution is -2.38. The van der Waals surface area contributed by atoms with Crippen LogP contribution in [0.1, 0.15) is 79.1 Å². The van der Waals surface area contributed by atoms with Crippen LogP contribution in [0.5, 0.6) is 0 Å². The van der Waals surface area contributed by atoms with Crippen LogP contribution in [0.4, 0.5) is 26.5 Å². The Morgan fingerprint density at radius 2 is 1.78 bits per heavy atom. The molecule has 266 valence electrons. The summed E-state index contributed by atoms with van der Waals surface area (Å²) in [7, 11) is 0.283. The van der Waals surface area contributed by atoms with E-state index in [1.165, 1.54) is 6.20 Å². The van der Waals surface area contributed by atoms with Gasteiger partial charge in [-0.25, -0.2) is 14.2 Å². The van der Waals surface area contributed by atoms with Gasteiger partial charge in [0.15, 0.2) is 11.6 Å². The molecule has 4 aromatic rings. The maximum absolute atomic E-state index is 16.6. The highest BCUT2D eigenvalue weighted by atomic mass is 28.2. The average Bonchev–Trinajstić information content (AvgIpc) is 3.30. The highest BCUT2D eigenvalue weighted by Gasteiger charge is 2.27. The normalized spacial score (nSPS) is 13.9. The van der Waals surface area contributed by atoms with Gasteiger partial charge in [-0.2, -0.15) is 5.10 Å². The summed E-state index contributed by atoms with van der Waals surface area (Å²) in [6.45, 7) is 21.0. The molecule has 0 fully saturated rings. The Morgan fingerprint density at radius 1 is 1.04 bits per heavy atom. The van der Waals surface area contributed by atoms with Crippen molar-refractivity contribution in [2.75, 3.05) is 17.2 Å². The van der Waals surface area contributed by atoms with Crippen LogP contribution in [0.2, 0.25) is 5.04 Å². The minimum Gasteiger partial charge on any atom is -0.444 e. The Balaban J connectivity index is 1.51. The van der Waals surface area contributed by atoms with E-state index in [2.05, 4.69) is 53.4 Å². The van der Waals surface area contributed by atoms with Crippen LogP contribution in [-0.4, -0.2) is 64.6 Å². The number of anilines is 3. The quantitative estimate of drug-likeness (QED) is 0.161. The van der Waals surface area contributed by atoms with E-state index >= 15 is 4.39 Å². The topological polar surface area (TPSA) is 123 Å². The van der Waals surface area contributed by atoms with Crippen molar-refractivity contribution in [2.45, 2.75) is 105 Å². The van der Waals surface area contributed by atoms with Crippen molar-refractivity contribution in [3.8, 4) is 11.1 Å². The monoisotopic (exact) mass is 701 g/mol. The van der Waals surface area contributed by atoms with Crippen LogP contribution in [0.15, 0.2) is 36.8 Å². The number of nitrogens with one attached hydrogen (secondary N) is 2. The molecule has 1 aromatic carbocycles. The number of pyridine rings is 2. The van der Waals surface area contributed by atoms with E-state index in [0.29, 0.717) is 53.5 Å². The summed E-state index contributed by atoms with van der Waals surface area (Å²) in [4.78, 5) is 36.6. The minimum absolute atomic E-state index is 0.0208. The zero-order chi connectivity index (χ0) is 36.5. The molecule has 0 atom stereocenters. The Morgan fingerprint density at radius 3 is 2.46 bits per heavy atom. The molecule has 2 N–H and O–H groups in total. The Kier molecular flexibility index (Phi) is 10.7. The van der Waals surface area contributed by atoms with Gasteiger partial charge in [-0.15, -0.1) is 0 Å². The SMILES string of the molecule is Cc1c(CO[Si]C(C)(C)C(C)C)cncc1-c1cc2cc(Nc3cc4n(n3)CC(=O)N(C(C)C)CC4)ncc2c(NC(=O)OC(C)(C)C)c1F. The molecule has 3 aromatic heterocycles. The second kappa shape index (κ2) is 14.5. The van der Waals surface area contributed by atoms with Gasteiger partial charge in [-0.1, -0.05) is 27.7 Å². The molecule has 50 heavy (non-hydrogen) atoms. The van der Waals surface area contributed by atoms with Crippen molar-refractivity contribution >= 4 is 49.9 Å².